The molecule has 0 spiro atoms. The Bertz CT molecular complexity index is 273. The monoisotopic (exact) mass is 357 g/mol. The summed E-state index contributed by atoms with van der Waals surface area (Å²) in [7, 11) is 0. The fourth-order valence-electron chi connectivity index (χ4n) is 2.94. The molecule has 3 heteroatoms. The van der Waals surface area contributed by atoms with Crippen LogP contribution in [0.1, 0.15) is 125 Å². The average molecular weight is 358 g/mol. The van der Waals surface area contributed by atoms with Gasteiger partial charge in [-0.25, -0.2) is 0 Å². The molecule has 0 bridgehead atoms. The van der Waals surface area contributed by atoms with E-state index in [1.54, 1.807) is 0 Å². The van der Waals surface area contributed by atoms with Crippen molar-refractivity contribution >= 4 is 5.97 Å². The minimum atomic E-state index is -0.833. The van der Waals surface area contributed by atoms with Crippen LogP contribution in [0.5, 0.6) is 0 Å². The van der Waals surface area contributed by atoms with E-state index < -0.39 is 5.97 Å². The largest absolute Gasteiger partial charge is 0.481 e. The first kappa shape index (κ1) is 26.7. The van der Waals surface area contributed by atoms with Gasteiger partial charge in [0.2, 0.25) is 0 Å². The number of hydrogen-bond donors (Lipinski definition) is 2. The molecule has 0 radical (unpaired) electrons. The van der Waals surface area contributed by atoms with Crippen LogP contribution >= 0.6 is 0 Å². The number of carboxylic acids is 1. The van der Waals surface area contributed by atoms with E-state index in [9.17, 15) is 0 Å². The van der Waals surface area contributed by atoms with Crippen molar-refractivity contribution in [3.63, 3.8) is 0 Å². The Labute approximate surface area is 158 Å². The number of aliphatic carboxylic acids is 1. The third kappa shape index (κ3) is 28.5. The SMILES string of the molecule is CC(=O)O.CCCCCCCCCCNC(C)(C)CCCCCCC. The number of nitrogens with one attached hydrogen (secondary N) is 1. The third-order valence-electron chi connectivity index (χ3n) is 4.54. The van der Waals surface area contributed by atoms with Crippen LogP contribution in [0, 0.1) is 0 Å². The van der Waals surface area contributed by atoms with Crippen LogP contribution in [0.15, 0.2) is 0 Å². The number of carboxylic acid groups (broad SMARTS) is 1. The van der Waals surface area contributed by atoms with E-state index in [2.05, 4.69) is 33.0 Å². The lowest BCUT2D eigenvalue weighted by atomic mass is 9.96. The molecule has 2 N–H and O–H groups in total. The Morgan fingerprint density at radius 3 is 1.56 bits per heavy atom. The van der Waals surface area contributed by atoms with Crippen molar-refractivity contribution in [3.05, 3.63) is 0 Å². The molecule has 0 fully saturated rings. The zero-order valence-corrected chi connectivity index (χ0v) is 18.0. The topological polar surface area (TPSA) is 49.3 Å². The summed E-state index contributed by atoms with van der Waals surface area (Å²) in [5, 5.41) is 11.2. The number of hydrogen-bond acceptors (Lipinski definition) is 2. The molecule has 0 aromatic carbocycles. The van der Waals surface area contributed by atoms with Gasteiger partial charge < -0.3 is 10.4 Å². The lowest BCUT2D eigenvalue weighted by molar-refractivity contribution is -0.134. The smallest absolute Gasteiger partial charge is 0.300 e. The van der Waals surface area contributed by atoms with E-state index in [1.807, 2.05) is 0 Å². The standard InChI is InChI=1S/C20H43N.C2H4O2/c1-5-7-9-11-12-13-15-17-19-21-20(3,4)18-16-14-10-8-6-2;1-2(3)4/h21H,5-19H2,1-4H3;1H3,(H,3,4). The van der Waals surface area contributed by atoms with Crippen LogP contribution in [0.4, 0.5) is 0 Å². The van der Waals surface area contributed by atoms with E-state index >= 15 is 0 Å². The Morgan fingerprint density at radius 1 is 0.760 bits per heavy atom. The maximum absolute atomic E-state index is 9.00. The summed E-state index contributed by atoms with van der Waals surface area (Å²) in [6.07, 6.45) is 19.6. The van der Waals surface area contributed by atoms with Gasteiger partial charge in [-0.15, -0.1) is 0 Å². The molecule has 0 aliphatic heterocycles. The van der Waals surface area contributed by atoms with Crippen LogP contribution in [-0.4, -0.2) is 23.2 Å². The third-order valence-corrected chi connectivity index (χ3v) is 4.54. The van der Waals surface area contributed by atoms with Crippen molar-refractivity contribution in [1.29, 1.82) is 0 Å². The Balaban J connectivity index is 0. The van der Waals surface area contributed by atoms with Gasteiger partial charge in [-0.05, 0) is 33.2 Å². The summed E-state index contributed by atoms with van der Waals surface area (Å²) in [6.45, 7) is 11.6. The summed E-state index contributed by atoms with van der Waals surface area (Å²) >= 11 is 0. The van der Waals surface area contributed by atoms with Crippen LogP contribution in [0.3, 0.4) is 0 Å². The van der Waals surface area contributed by atoms with Crippen molar-refractivity contribution in [2.24, 2.45) is 0 Å². The normalized spacial score (nSPS) is 11.1. The zero-order valence-electron chi connectivity index (χ0n) is 18.0. The molecule has 0 aromatic heterocycles. The Morgan fingerprint density at radius 2 is 1.12 bits per heavy atom. The van der Waals surface area contributed by atoms with E-state index in [1.165, 1.54) is 96.4 Å². The van der Waals surface area contributed by atoms with Gasteiger partial charge in [0.05, 0.1) is 0 Å². The van der Waals surface area contributed by atoms with E-state index in [4.69, 9.17) is 9.90 Å². The van der Waals surface area contributed by atoms with Crippen LogP contribution < -0.4 is 5.32 Å². The predicted octanol–water partition coefficient (Wildman–Crippen LogP) is 6.95. The van der Waals surface area contributed by atoms with Crippen LogP contribution in [-0.2, 0) is 4.79 Å². The number of carbonyl (C=O) groups is 1. The van der Waals surface area contributed by atoms with E-state index in [0.29, 0.717) is 5.54 Å². The number of rotatable bonds is 16. The molecule has 3 nitrogen and oxygen atoms in total. The summed E-state index contributed by atoms with van der Waals surface area (Å²) < 4.78 is 0. The van der Waals surface area contributed by atoms with Gasteiger partial charge in [-0.1, -0.05) is 90.9 Å². The fourth-order valence-corrected chi connectivity index (χ4v) is 2.94. The number of unbranched alkanes of at least 4 members (excludes halogenated alkanes) is 11. The molecule has 0 heterocycles. The van der Waals surface area contributed by atoms with Crippen molar-refractivity contribution < 1.29 is 9.90 Å². The lowest BCUT2D eigenvalue weighted by Crippen LogP contribution is -2.39. The minimum absolute atomic E-state index is 0.341. The second-order valence-corrected chi connectivity index (χ2v) is 7.97. The quantitative estimate of drug-likeness (QED) is 0.294. The van der Waals surface area contributed by atoms with Crippen molar-refractivity contribution in [2.75, 3.05) is 6.54 Å². The van der Waals surface area contributed by atoms with Gasteiger partial charge in [-0.2, -0.15) is 0 Å². The molecule has 152 valence electrons. The van der Waals surface area contributed by atoms with Gasteiger partial charge in [0.1, 0.15) is 0 Å². The van der Waals surface area contributed by atoms with E-state index in [0.717, 1.165) is 6.92 Å². The first-order chi connectivity index (χ1) is 11.9. The van der Waals surface area contributed by atoms with Gasteiger partial charge in [0.15, 0.2) is 0 Å². The van der Waals surface area contributed by atoms with Gasteiger partial charge >= 0.3 is 0 Å². The molecule has 0 saturated carbocycles. The molecule has 0 aromatic rings. The molecule has 25 heavy (non-hydrogen) atoms. The highest BCUT2D eigenvalue weighted by Gasteiger charge is 2.15. The fraction of sp³-hybridized carbons (Fsp3) is 0.955. The maximum Gasteiger partial charge on any atom is 0.300 e. The molecule has 0 aliphatic rings. The van der Waals surface area contributed by atoms with Crippen molar-refractivity contribution in [3.8, 4) is 0 Å². The predicted molar refractivity (Wildman–Crippen MR) is 111 cm³/mol. The highest BCUT2D eigenvalue weighted by Crippen LogP contribution is 2.15. The Hall–Kier alpha value is -0.570. The molecule has 0 saturated heterocycles. The van der Waals surface area contributed by atoms with Gasteiger partial charge in [0, 0.05) is 12.5 Å². The zero-order chi connectivity index (χ0) is 19.4. The first-order valence-electron chi connectivity index (χ1n) is 10.8. The molecule has 0 amide bonds. The minimum Gasteiger partial charge on any atom is -0.481 e. The highest BCUT2D eigenvalue weighted by atomic mass is 16.4. The maximum atomic E-state index is 9.00. The van der Waals surface area contributed by atoms with Gasteiger partial charge in [-0.3, -0.25) is 4.79 Å². The molecule has 0 atom stereocenters. The summed E-state index contributed by atoms with van der Waals surface area (Å²) in [5.41, 5.74) is 0.341. The summed E-state index contributed by atoms with van der Waals surface area (Å²) in [5.74, 6) is -0.833. The van der Waals surface area contributed by atoms with Crippen molar-refractivity contribution in [2.45, 2.75) is 130 Å². The lowest BCUT2D eigenvalue weighted by Gasteiger charge is -2.26. The Kier molecular flexibility index (Phi) is 21.1. The highest BCUT2D eigenvalue weighted by molar-refractivity contribution is 5.62. The second kappa shape index (κ2) is 19.8. The van der Waals surface area contributed by atoms with Crippen LogP contribution in [0.25, 0.3) is 0 Å². The molecular formula is C22H47NO2. The van der Waals surface area contributed by atoms with Crippen LogP contribution in [0.2, 0.25) is 0 Å². The molecular weight excluding hydrogens is 310 g/mol. The molecule has 0 unspecified atom stereocenters. The molecule has 0 rings (SSSR count). The average Bonchev–Trinajstić information content (AvgIpc) is 2.52. The van der Waals surface area contributed by atoms with Crippen molar-refractivity contribution in [1.82, 2.24) is 5.32 Å². The first-order valence-corrected chi connectivity index (χ1v) is 10.8. The molecule has 0 aliphatic carbocycles. The summed E-state index contributed by atoms with van der Waals surface area (Å²) in [4.78, 5) is 9.00. The van der Waals surface area contributed by atoms with Gasteiger partial charge in [0.25, 0.3) is 5.97 Å². The summed E-state index contributed by atoms with van der Waals surface area (Å²) in [6, 6.07) is 0. The second-order valence-electron chi connectivity index (χ2n) is 7.97. The van der Waals surface area contributed by atoms with E-state index in [-0.39, 0.29) is 0 Å².